The molecule has 0 spiro atoms. The van der Waals surface area contributed by atoms with Gasteiger partial charge in [0.25, 0.3) is 0 Å². The Balaban J connectivity index is 2.00. The van der Waals surface area contributed by atoms with Crippen LogP contribution >= 0.6 is 15.9 Å². The molecule has 0 amide bonds. The maximum Gasteiger partial charge on any atom is 0.123 e. The van der Waals surface area contributed by atoms with Gasteiger partial charge in [0.2, 0.25) is 0 Å². The molecular weight excluding hydrogens is 294 g/mol. The van der Waals surface area contributed by atoms with Crippen LogP contribution in [0, 0.1) is 0 Å². The number of fused-ring (bicyclic) bond motifs is 1. The van der Waals surface area contributed by atoms with E-state index in [-0.39, 0.29) is 18.2 Å². The van der Waals surface area contributed by atoms with Crippen molar-refractivity contribution in [3.05, 3.63) is 28.2 Å². The fourth-order valence-corrected chi connectivity index (χ4v) is 2.47. The number of benzene rings is 1. The molecule has 0 aromatic heterocycles. The van der Waals surface area contributed by atoms with Crippen LogP contribution in [0.5, 0.6) is 5.75 Å². The molecular formula is C14H20BrNO2. The number of hydrogen-bond acceptors (Lipinski definition) is 3. The van der Waals surface area contributed by atoms with Gasteiger partial charge < -0.3 is 9.84 Å². The van der Waals surface area contributed by atoms with E-state index >= 15 is 0 Å². The summed E-state index contributed by atoms with van der Waals surface area (Å²) in [5.41, 5.74) is 1.04. The first-order valence-electron chi connectivity index (χ1n) is 6.19. The highest BCUT2D eigenvalue weighted by atomic mass is 79.9. The summed E-state index contributed by atoms with van der Waals surface area (Å²) < 4.78 is 7.02. The van der Waals surface area contributed by atoms with Crippen molar-refractivity contribution in [2.45, 2.75) is 31.9 Å². The smallest absolute Gasteiger partial charge is 0.123 e. The van der Waals surface area contributed by atoms with Gasteiger partial charge in [-0.2, -0.15) is 0 Å². The third-order valence-corrected chi connectivity index (χ3v) is 4.15. The molecule has 1 atom stereocenters. The van der Waals surface area contributed by atoms with Gasteiger partial charge in [-0.3, -0.25) is 4.90 Å². The average Bonchev–Trinajstić information content (AvgIpc) is 2.70. The predicted octanol–water partition coefficient (Wildman–Crippen LogP) is 2.46. The number of nitrogens with zero attached hydrogens (tertiary/aromatic N) is 1. The van der Waals surface area contributed by atoms with Crippen molar-refractivity contribution >= 4 is 15.9 Å². The average molecular weight is 314 g/mol. The lowest BCUT2D eigenvalue weighted by molar-refractivity contribution is 0.0498. The number of halogens is 1. The van der Waals surface area contributed by atoms with Crippen molar-refractivity contribution in [1.82, 2.24) is 4.90 Å². The molecule has 1 aromatic carbocycles. The van der Waals surface area contributed by atoms with E-state index in [1.165, 1.54) is 5.56 Å². The third kappa shape index (κ3) is 2.87. The number of aliphatic hydroxyl groups excluding tert-OH is 1. The van der Waals surface area contributed by atoms with Gasteiger partial charge in [-0.05, 0) is 44.7 Å². The first-order valence-corrected chi connectivity index (χ1v) is 6.99. The number of ether oxygens (including phenoxy) is 1. The second-order valence-corrected chi connectivity index (χ2v) is 6.46. The molecule has 18 heavy (non-hydrogen) atoms. The zero-order valence-electron chi connectivity index (χ0n) is 11.1. The molecule has 0 radical (unpaired) electrons. The molecule has 0 bridgehead atoms. The summed E-state index contributed by atoms with van der Waals surface area (Å²) >= 11 is 3.48. The van der Waals surface area contributed by atoms with E-state index in [1.54, 1.807) is 0 Å². The fourth-order valence-electron chi connectivity index (χ4n) is 2.06. The van der Waals surface area contributed by atoms with Crippen molar-refractivity contribution in [3.63, 3.8) is 0 Å². The van der Waals surface area contributed by atoms with Gasteiger partial charge in [0.15, 0.2) is 0 Å². The van der Waals surface area contributed by atoms with Crippen molar-refractivity contribution < 1.29 is 9.84 Å². The lowest BCUT2D eigenvalue weighted by atomic mass is 10.0. The van der Waals surface area contributed by atoms with E-state index in [2.05, 4.69) is 26.9 Å². The molecule has 1 unspecified atom stereocenters. The number of aliphatic hydroxyl groups is 1. The van der Waals surface area contributed by atoms with Gasteiger partial charge in [-0.25, -0.2) is 0 Å². The molecule has 0 saturated carbocycles. The number of rotatable bonds is 4. The summed E-state index contributed by atoms with van der Waals surface area (Å²) in [5.74, 6) is 0.985. The summed E-state index contributed by atoms with van der Waals surface area (Å²) in [6.45, 7) is 5.03. The maximum absolute atomic E-state index is 9.36. The molecule has 1 aliphatic rings. The zero-order chi connectivity index (χ0) is 13.3. The first-order chi connectivity index (χ1) is 8.42. The van der Waals surface area contributed by atoms with Gasteiger partial charge in [0.1, 0.15) is 11.9 Å². The summed E-state index contributed by atoms with van der Waals surface area (Å²) in [6.07, 6.45) is 1.10. The Bertz CT molecular complexity index is 434. The van der Waals surface area contributed by atoms with Crippen LogP contribution in [0.1, 0.15) is 19.4 Å². The van der Waals surface area contributed by atoms with Crippen LogP contribution in [0.4, 0.5) is 0 Å². The largest absolute Gasteiger partial charge is 0.488 e. The highest BCUT2D eigenvalue weighted by Crippen LogP contribution is 2.31. The first kappa shape index (κ1) is 13.8. The van der Waals surface area contributed by atoms with E-state index in [0.29, 0.717) is 0 Å². The van der Waals surface area contributed by atoms with Crippen LogP contribution in [0.2, 0.25) is 0 Å². The highest BCUT2D eigenvalue weighted by Gasteiger charge is 2.29. The second kappa shape index (κ2) is 5.19. The number of likely N-dealkylation sites (N-methyl/N-ethyl adjacent to an activating group) is 1. The Morgan fingerprint density at radius 3 is 2.89 bits per heavy atom. The van der Waals surface area contributed by atoms with E-state index in [9.17, 15) is 5.11 Å². The minimum absolute atomic E-state index is 0.148. The third-order valence-electron chi connectivity index (χ3n) is 3.66. The van der Waals surface area contributed by atoms with E-state index in [1.807, 2.05) is 33.0 Å². The Kier molecular flexibility index (Phi) is 3.99. The van der Waals surface area contributed by atoms with Crippen molar-refractivity contribution in [3.8, 4) is 5.75 Å². The van der Waals surface area contributed by atoms with Gasteiger partial charge >= 0.3 is 0 Å². The molecule has 0 aliphatic carbocycles. The molecule has 0 saturated heterocycles. The van der Waals surface area contributed by atoms with E-state index < -0.39 is 0 Å². The SMILES string of the molecule is CN(CC1Cc2cc(Br)ccc2O1)C(C)(C)CO. The quantitative estimate of drug-likeness (QED) is 0.927. The summed E-state index contributed by atoms with van der Waals surface area (Å²) in [6, 6.07) is 6.13. The molecule has 1 N–H and O–H groups in total. The predicted molar refractivity (Wildman–Crippen MR) is 76.1 cm³/mol. The van der Waals surface area contributed by atoms with Crippen molar-refractivity contribution in [2.75, 3.05) is 20.2 Å². The minimum Gasteiger partial charge on any atom is -0.488 e. The van der Waals surface area contributed by atoms with E-state index in [0.717, 1.165) is 23.2 Å². The van der Waals surface area contributed by atoms with Gasteiger partial charge in [0.05, 0.1) is 6.61 Å². The zero-order valence-corrected chi connectivity index (χ0v) is 12.7. The Morgan fingerprint density at radius 2 is 2.22 bits per heavy atom. The molecule has 100 valence electrons. The Labute approximate surface area is 117 Å². The monoisotopic (exact) mass is 313 g/mol. The highest BCUT2D eigenvalue weighted by molar-refractivity contribution is 9.10. The van der Waals surface area contributed by atoms with Gasteiger partial charge in [-0.1, -0.05) is 15.9 Å². The van der Waals surface area contributed by atoms with Crippen LogP contribution in [0.15, 0.2) is 22.7 Å². The van der Waals surface area contributed by atoms with E-state index in [4.69, 9.17) is 4.74 Å². The Morgan fingerprint density at radius 1 is 1.50 bits per heavy atom. The van der Waals surface area contributed by atoms with Crippen LogP contribution in [0.3, 0.4) is 0 Å². The van der Waals surface area contributed by atoms with Crippen molar-refractivity contribution in [1.29, 1.82) is 0 Å². The Hall–Kier alpha value is -0.580. The van der Waals surface area contributed by atoms with Gasteiger partial charge in [-0.15, -0.1) is 0 Å². The minimum atomic E-state index is -0.210. The molecule has 0 fully saturated rings. The normalized spacial score (nSPS) is 18.9. The second-order valence-electron chi connectivity index (χ2n) is 5.55. The lowest BCUT2D eigenvalue weighted by Gasteiger charge is -2.35. The molecule has 4 heteroatoms. The number of hydrogen-bond donors (Lipinski definition) is 1. The fraction of sp³-hybridized carbons (Fsp3) is 0.571. The van der Waals surface area contributed by atoms with Gasteiger partial charge in [0, 0.05) is 23.0 Å². The molecule has 2 rings (SSSR count). The molecule has 3 nitrogen and oxygen atoms in total. The standard InChI is InChI=1S/C14H20BrNO2/c1-14(2,9-17)16(3)8-12-7-10-6-11(15)4-5-13(10)18-12/h4-6,12,17H,7-9H2,1-3H3. The molecule has 1 heterocycles. The van der Waals surface area contributed by atoms with Crippen LogP contribution in [0.25, 0.3) is 0 Å². The topological polar surface area (TPSA) is 32.7 Å². The summed E-state index contributed by atoms with van der Waals surface area (Å²) in [5, 5.41) is 9.36. The lowest BCUT2D eigenvalue weighted by Crippen LogP contribution is -2.48. The van der Waals surface area contributed by atoms with Crippen LogP contribution in [-0.2, 0) is 6.42 Å². The summed E-state index contributed by atoms with van der Waals surface area (Å²) in [7, 11) is 2.03. The van der Waals surface area contributed by atoms with Crippen LogP contribution in [-0.4, -0.2) is 41.8 Å². The maximum atomic E-state index is 9.36. The summed E-state index contributed by atoms with van der Waals surface area (Å²) in [4.78, 5) is 2.15. The van der Waals surface area contributed by atoms with Crippen molar-refractivity contribution in [2.24, 2.45) is 0 Å². The van der Waals surface area contributed by atoms with Crippen LogP contribution < -0.4 is 4.74 Å². The molecule has 1 aromatic rings. The molecule has 1 aliphatic heterocycles.